The fraction of sp³-hybridized carbons (Fsp3) is 0.659. The molecule has 280 valence electrons. The Labute approximate surface area is 311 Å². The van der Waals surface area contributed by atoms with E-state index in [1.54, 1.807) is 18.2 Å². The first-order valence-corrected chi connectivity index (χ1v) is 19.3. The number of halogens is 2. The summed E-state index contributed by atoms with van der Waals surface area (Å²) in [6, 6.07) is 4.93. The molecule has 9 heteroatoms. The first kappa shape index (κ1) is 41.8. The second kappa shape index (κ2) is 20.4. The number of carbonyl (C=O) groups is 2. The van der Waals surface area contributed by atoms with Crippen LogP contribution < -0.4 is 14.2 Å². The third-order valence-corrected chi connectivity index (χ3v) is 10.6. The molecule has 2 aromatic carbocycles. The van der Waals surface area contributed by atoms with Crippen molar-refractivity contribution in [3.05, 3.63) is 50.5 Å². The Kier molecular flexibility index (Phi) is 17.1. The van der Waals surface area contributed by atoms with Crippen molar-refractivity contribution in [1.82, 2.24) is 0 Å². The van der Waals surface area contributed by atoms with E-state index in [0.717, 1.165) is 71.4 Å². The number of carbonyl (C=O) groups excluding carboxylic acids is 2. The van der Waals surface area contributed by atoms with Crippen LogP contribution in [0.1, 0.15) is 134 Å². The summed E-state index contributed by atoms with van der Waals surface area (Å²) >= 11 is 12.0. The normalized spacial score (nSPS) is 16.7. The van der Waals surface area contributed by atoms with Gasteiger partial charge < -0.3 is 23.7 Å². The third-order valence-electron chi connectivity index (χ3n) is 10.1. The van der Waals surface area contributed by atoms with Gasteiger partial charge in [0.05, 0.1) is 11.6 Å². The highest BCUT2D eigenvalue weighted by molar-refractivity contribution is 6.35. The summed E-state index contributed by atoms with van der Waals surface area (Å²) in [5.41, 5.74) is 3.50. The zero-order valence-electron chi connectivity index (χ0n) is 31.7. The van der Waals surface area contributed by atoms with Crippen LogP contribution in [0.3, 0.4) is 0 Å². The van der Waals surface area contributed by atoms with Crippen molar-refractivity contribution in [2.24, 2.45) is 17.8 Å². The molecule has 2 aromatic rings. The van der Waals surface area contributed by atoms with Crippen LogP contribution in [0, 0.1) is 38.5 Å². The maximum absolute atomic E-state index is 12.6. The van der Waals surface area contributed by atoms with Crippen LogP contribution in [0.2, 0.25) is 10.0 Å². The number of fused-ring (bicyclic) bond motifs is 1. The minimum atomic E-state index is -0.930. The van der Waals surface area contributed by atoms with E-state index in [9.17, 15) is 9.59 Å². The molecule has 0 saturated carbocycles. The summed E-state index contributed by atoms with van der Waals surface area (Å²) in [5.74, 6) is 3.70. The summed E-state index contributed by atoms with van der Waals surface area (Å²) in [6.07, 6.45) is 12.7. The second-order valence-electron chi connectivity index (χ2n) is 15.1. The molecule has 0 amide bonds. The Hall–Kier alpha value is -2.64. The van der Waals surface area contributed by atoms with E-state index in [-0.39, 0.29) is 18.6 Å². The minimum absolute atomic E-state index is 0.0852. The molecule has 3 rings (SSSR count). The molecule has 3 unspecified atom stereocenters. The fourth-order valence-corrected chi connectivity index (χ4v) is 7.20. The minimum Gasteiger partial charge on any atom is -0.492 e. The lowest BCUT2D eigenvalue weighted by molar-refractivity contribution is -0.152. The van der Waals surface area contributed by atoms with Gasteiger partial charge in [0.2, 0.25) is 6.79 Å². The van der Waals surface area contributed by atoms with Gasteiger partial charge in [0.1, 0.15) is 22.8 Å². The SMILES string of the molecule is Cc1c(C)c2c(c(C)c1OC(=O)OCOC(=O)CCCOc1ccc(Cl)cc1Cl)CCC(C)(CCCC(C)CCCC(C)CCCC(C)C)O2. The molecule has 0 N–H and O–H groups in total. The van der Waals surface area contributed by atoms with E-state index in [2.05, 4.69) is 34.6 Å². The van der Waals surface area contributed by atoms with Crippen molar-refractivity contribution in [1.29, 1.82) is 0 Å². The molecule has 0 radical (unpaired) electrons. The first-order valence-electron chi connectivity index (χ1n) is 18.6. The van der Waals surface area contributed by atoms with Crippen molar-refractivity contribution in [2.45, 2.75) is 144 Å². The lowest BCUT2D eigenvalue weighted by atomic mass is 9.83. The average molecular weight is 736 g/mol. The lowest BCUT2D eigenvalue weighted by Crippen LogP contribution is -2.37. The Bertz CT molecular complexity index is 1410. The van der Waals surface area contributed by atoms with Crippen molar-refractivity contribution in [2.75, 3.05) is 13.4 Å². The highest BCUT2D eigenvalue weighted by Gasteiger charge is 2.35. The van der Waals surface area contributed by atoms with Gasteiger partial charge in [-0.3, -0.25) is 4.79 Å². The van der Waals surface area contributed by atoms with Crippen LogP contribution >= 0.6 is 23.2 Å². The number of hydrogen-bond donors (Lipinski definition) is 0. The van der Waals surface area contributed by atoms with E-state index in [4.69, 9.17) is 46.9 Å². The molecule has 1 aliphatic rings. The van der Waals surface area contributed by atoms with Crippen LogP contribution in [-0.4, -0.2) is 31.1 Å². The van der Waals surface area contributed by atoms with Gasteiger partial charge in [0, 0.05) is 17.0 Å². The highest BCUT2D eigenvalue weighted by Crippen LogP contribution is 2.45. The first-order chi connectivity index (χ1) is 23.7. The zero-order valence-corrected chi connectivity index (χ0v) is 33.2. The molecule has 0 fully saturated rings. The lowest BCUT2D eigenvalue weighted by Gasteiger charge is -2.38. The molecule has 7 nitrogen and oxygen atoms in total. The highest BCUT2D eigenvalue weighted by atomic mass is 35.5. The molecule has 0 saturated heterocycles. The number of hydrogen-bond acceptors (Lipinski definition) is 7. The van der Waals surface area contributed by atoms with Crippen LogP contribution in [-0.2, 0) is 20.7 Å². The van der Waals surface area contributed by atoms with Gasteiger partial charge in [-0.2, -0.15) is 0 Å². The number of esters is 1. The van der Waals surface area contributed by atoms with Crippen molar-refractivity contribution in [3.8, 4) is 17.2 Å². The summed E-state index contributed by atoms with van der Waals surface area (Å²) < 4.78 is 28.1. The van der Waals surface area contributed by atoms with Gasteiger partial charge in [-0.25, -0.2) is 4.79 Å². The Morgan fingerprint density at radius 3 is 2.18 bits per heavy atom. The van der Waals surface area contributed by atoms with E-state index in [1.165, 1.54) is 44.9 Å². The molecule has 0 bridgehead atoms. The molecule has 1 aliphatic heterocycles. The van der Waals surface area contributed by atoms with Crippen LogP contribution in [0.4, 0.5) is 4.79 Å². The predicted octanol–water partition coefficient (Wildman–Crippen LogP) is 12.3. The van der Waals surface area contributed by atoms with Crippen molar-refractivity contribution < 1.29 is 33.3 Å². The van der Waals surface area contributed by atoms with Gasteiger partial charge in [0.25, 0.3) is 0 Å². The smallest absolute Gasteiger partial charge is 0.492 e. The quantitative estimate of drug-likeness (QED) is 0.0579. The van der Waals surface area contributed by atoms with Crippen LogP contribution in [0.15, 0.2) is 18.2 Å². The molecule has 50 heavy (non-hydrogen) atoms. The summed E-state index contributed by atoms with van der Waals surface area (Å²) in [5, 5.41) is 0.907. The summed E-state index contributed by atoms with van der Waals surface area (Å²) in [4.78, 5) is 24.7. The monoisotopic (exact) mass is 734 g/mol. The zero-order chi connectivity index (χ0) is 36.8. The van der Waals surface area contributed by atoms with E-state index >= 15 is 0 Å². The van der Waals surface area contributed by atoms with Crippen molar-refractivity contribution in [3.63, 3.8) is 0 Å². The molecule has 0 aromatic heterocycles. The van der Waals surface area contributed by atoms with Crippen molar-refractivity contribution >= 4 is 35.3 Å². The maximum Gasteiger partial charge on any atom is 0.516 e. The van der Waals surface area contributed by atoms with Gasteiger partial charge in [-0.1, -0.05) is 95.8 Å². The van der Waals surface area contributed by atoms with E-state index in [0.29, 0.717) is 28.0 Å². The number of benzene rings is 2. The molecular formula is C41H60Cl2O7. The van der Waals surface area contributed by atoms with Gasteiger partial charge >= 0.3 is 12.1 Å². The van der Waals surface area contributed by atoms with Gasteiger partial charge in [0.15, 0.2) is 0 Å². The topological polar surface area (TPSA) is 80.3 Å². The largest absolute Gasteiger partial charge is 0.516 e. The van der Waals surface area contributed by atoms with Crippen LogP contribution in [0.25, 0.3) is 0 Å². The molecule has 0 spiro atoms. The Morgan fingerprint density at radius 1 is 0.860 bits per heavy atom. The van der Waals surface area contributed by atoms with Crippen LogP contribution in [0.5, 0.6) is 17.2 Å². The summed E-state index contributed by atoms with van der Waals surface area (Å²) in [7, 11) is 0. The molecule has 3 atom stereocenters. The Balaban J connectivity index is 1.40. The molecule has 0 aliphatic carbocycles. The maximum atomic E-state index is 12.6. The second-order valence-corrected chi connectivity index (χ2v) is 15.9. The third kappa shape index (κ3) is 13.5. The number of ether oxygens (including phenoxy) is 5. The molecular weight excluding hydrogens is 675 g/mol. The number of rotatable bonds is 20. The van der Waals surface area contributed by atoms with E-state index < -0.39 is 18.9 Å². The predicted molar refractivity (Wildman–Crippen MR) is 202 cm³/mol. The van der Waals surface area contributed by atoms with Gasteiger partial charge in [-0.15, -0.1) is 0 Å². The van der Waals surface area contributed by atoms with Gasteiger partial charge in [-0.05, 0) is 112 Å². The summed E-state index contributed by atoms with van der Waals surface area (Å²) in [6.45, 7) is 17.3. The molecule has 1 heterocycles. The fourth-order valence-electron chi connectivity index (χ4n) is 6.73. The van der Waals surface area contributed by atoms with E-state index in [1.807, 2.05) is 20.8 Å². The Morgan fingerprint density at radius 2 is 1.52 bits per heavy atom. The standard InChI is InChI=1S/C41H60Cl2O7/c1-27(2)13-9-14-28(3)15-10-16-29(4)17-11-22-41(8)23-21-34-32(7)38(30(5)31(6)39(34)50-41)49-40(45)48-26-47-37(44)18-12-24-46-36-20-19-33(42)25-35(36)43/h19-20,25,27-29H,9-18,21-24,26H2,1-8H3. The average Bonchev–Trinajstić information content (AvgIpc) is 3.04.